The molecule has 0 radical (unpaired) electrons. The van der Waals surface area contributed by atoms with Gasteiger partial charge in [0.15, 0.2) is 0 Å². The Kier molecular flexibility index (Phi) is 20.7. The van der Waals surface area contributed by atoms with Gasteiger partial charge in [-0.05, 0) is 85.6 Å². The number of benzene rings is 6. The molecular weight excluding hydrogens is 1040 g/mol. The first-order valence-corrected chi connectivity index (χ1v) is 26.8. The first-order chi connectivity index (χ1) is 36.3. The summed E-state index contributed by atoms with van der Waals surface area (Å²) in [5.41, 5.74) is 3.36. The summed E-state index contributed by atoms with van der Waals surface area (Å²) < 4.78 is 78.2. The zero-order valence-corrected chi connectivity index (χ0v) is 45.3. The summed E-state index contributed by atoms with van der Waals surface area (Å²) in [4.78, 5) is 51.3. The molecule has 19 nitrogen and oxygen atoms in total. The molecule has 3 N–H and O–H groups in total. The summed E-state index contributed by atoms with van der Waals surface area (Å²) in [6.45, 7) is 3.58. The second-order valence-corrected chi connectivity index (χ2v) is 21.5. The number of carbonyl (C=O) groups excluding carboxylic acids is 2. The Hall–Kier alpha value is -7.90. The topological polar surface area (TPSA) is 257 Å². The van der Waals surface area contributed by atoms with Crippen molar-refractivity contribution < 1.29 is 89.5 Å². The summed E-state index contributed by atoms with van der Waals surface area (Å²) in [6, 6.07) is 29.2. The number of ether oxygens (including phenoxy) is 4. The molecule has 78 heavy (non-hydrogen) atoms. The van der Waals surface area contributed by atoms with E-state index in [1.165, 1.54) is 38.5 Å². The second kappa shape index (κ2) is 26.4. The minimum Gasteiger partial charge on any atom is -0.870 e. The van der Waals surface area contributed by atoms with Crippen LogP contribution in [0.2, 0.25) is 0 Å². The van der Waals surface area contributed by atoms with Gasteiger partial charge in [-0.1, -0.05) is 60.4 Å². The number of sulfonamides is 2. The molecule has 2 aliphatic heterocycles. The Bertz CT molecular complexity index is 3530. The van der Waals surface area contributed by atoms with Crippen LogP contribution in [0.25, 0.3) is 21.5 Å². The van der Waals surface area contributed by atoms with Gasteiger partial charge in [-0.25, -0.2) is 16.8 Å². The molecule has 0 unspecified atom stereocenters. The van der Waals surface area contributed by atoms with Crippen LogP contribution in [-0.4, -0.2) is 122 Å². The first kappa shape index (κ1) is 61.0. The molecular formula is C56H57LiN4O15S2. The average Bonchev–Trinajstić information content (AvgIpc) is 4.17. The molecule has 2 aliphatic rings. The number of hydrogen-bond donors (Lipinski definition) is 2. The van der Waals surface area contributed by atoms with Gasteiger partial charge in [0.25, 0.3) is 20.0 Å². The molecule has 0 saturated heterocycles. The van der Waals surface area contributed by atoms with E-state index in [0.717, 1.165) is 19.7 Å². The number of fused-ring (bicyclic) bond motifs is 4. The predicted molar refractivity (Wildman–Crippen MR) is 290 cm³/mol. The Balaban J connectivity index is 0.000000281. The Labute approximate surface area is 465 Å². The molecule has 2 heterocycles. The van der Waals surface area contributed by atoms with Gasteiger partial charge in [0.05, 0.1) is 74.5 Å². The maximum absolute atomic E-state index is 14.0. The first-order valence-electron chi connectivity index (χ1n) is 23.9. The van der Waals surface area contributed by atoms with E-state index in [1.807, 2.05) is 24.0 Å². The van der Waals surface area contributed by atoms with Gasteiger partial charge in [-0.3, -0.25) is 27.8 Å². The minimum atomic E-state index is -4.26. The third-order valence-electron chi connectivity index (χ3n) is 12.9. The van der Waals surface area contributed by atoms with Crippen molar-refractivity contribution in [1.82, 2.24) is 0 Å². The van der Waals surface area contributed by atoms with E-state index in [-0.39, 0.29) is 77.8 Å². The molecule has 0 aromatic heterocycles. The fourth-order valence-corrected chi connectivity index (χ4v) is 12.2. The molecule has 8 rings (SSSR count). The Morgan fingerprint density at radius 3 is 1.35 bits per heavy atom. The summed E-state index contributed by atoms with van der Waals surface area (Å²) >= 11 is 0. The number of anilines is 4. The van der Waals surface area contributed by atoms with Gasteiger partial charge in [-0.2, -0.15) is 0 Å². The standard InChI is InChI=1S/C29H30N2O7S.C27H26N2O7S.Li.H2O/c1-5-15-30(20(2)17-28(32)36-3)25-11-12-26(24-9-7-6-8-23(24)25)31(19-29(33)37-4)39(34,35)22-10-13-27-21(18-22)14-16-38-27;1-3-13-28(18(2)15-26(30)31)23-9-10-24(22-7-5-4-6-21(22)23)29(17-27(32)33)37(34,35)20-8-11-25-19(16-20)12-14-36-25;;/h1,6-13,18,20H,14-17,19H2,2-4H3;1,4-11,16,18H,12-15,17H2,2H3,(H,30,31)(H,32,33);;1H2/q;;+1;/p-1/t20-;18-;;/m00../s1. The van der Waals surface area contributed by atoms with Crippen LogP contribution < -0.4 is 46.7 Å². The molecule has 0 amide bonds. The number of carboxylic acids is 2. The fraction of sp³-hybridized carbons (Fsp3) is 0.286. The van der Waals surface area contributed by atoms with E-state index in [9.17, 15) is 46.2 Å². The zero-order valence-electron chi connectivity index (χ0n) is 43.6. The van der Waals surface area contributed by atoms with E-state index >= 15 is 0 Å². The molecule has 0 bridgehead atoms. The number of carbonyl (C=O) groups is 4. The van der Waals surface area contributed by atoms with Crippen molar-refractivity contribution in [2.24, 2.45) is 0 Å². The number of rotatable bonds is 20. The molecule has 404 valence electrons. The van der Waals surface area contributed by atoms with E-state index in [1.54, 1.807) is 84.6 Å². The molecule has 22 heteroatoms. The minimum absolute atomic E-state index is 0. The van der Waals surface area contributed by atoms with E-state index in [0.29, 0.717) is 76.2 Å². The van der Waals surface area contributed by atoms with Gasteiger partial charge in [-0.15, -0.1) is 12.8 Å². The average molecular weight is 1100 g/mol. The maximum Gasteiger partial charge on any atom is 1.00 e. The number of nitrogens with zero attached hydrogens (tertiary/aromatic N) is 4. The van der Waals surface area contributed by atoms with E-state index in [2.05, 4.69) is 11.8 Å². The molecule has 6 aromatic rings. The van der Waals surface area contributed by atoms with Crippen molar-refractivity contribution in [2.75, 3.05) is 72.0 Å². The third kappa shape index (κ3) is 13.3. The van der Waals surface area contributed by atoms with Gasteiger partial charge in [0, 0.05) is 57.8 Å². The number of aliphatic carboxylic acids is 2. The van der Waals surface area contributed by atoms with Crippen molar-refractivity contribution in [2.45, 2.75) is 61.4 Å². The maximum atomic E-state index is 14.0. The third-order valence-corrected chi connectivity index (χ3v) is 16.4. The van der Waals surface area contributed by atoms with Crippen molar-refractivity contribution >= 4 is 88.2 Å². The normalized spacial score (nSPS) is 12.8. The van der Waals surface area contributed by atoms with Crippen molar-refractivity contribution in [3.05, 3.63) is 120 Å². The van der Waals surface area contributed by atoms with Gasteiger partial charge in [0.2, 0.25) is 0 Å². The predicted octanol–water partition coefficient (Wildman–Crippen LogP) is 3.72. The molecule has 0 spiro atoms. The van der Waals surface area contributed by atoms with Crippen LogP contribution >= 0.6 is 0 Å². The SMILES string of the molecule is C#CCN(c1ccc(N(CC(=O)O)S(=O)(=O)c2ccc3c(c2)CCO3)c2ccccc12)[C@@H](C)CC(=O)O.C#CCN(c1ccc(N(CC(=O)OC)S(=O)(=O)c2ccc3c(c2)CCO3)c2ccccc12)[C@@H](C)CC(=O)OC.[Li+].[OH-]. The molecule has 2 atom stereocenters. The van der Waals surface area contributed by atoms with Gasteiger partial charge < -0.3 is 44.4 Å². The second-order valence-electron chi connectivity index (χ2n) is 17.8. The summed E-state index contributed by atoms with van der Waals surface area (Å²) in [5, 5.41) is 21.3. The van der Waals surface area contributed by atoms with E-state index < -0.39 is 57.1 Å². The quantitative estimate of drug-likeness (QED) is 0.0627. The van der Waals surface area contributed by atoms with Crippen LogP contribution in [0, 0.1) is 24.7 Å². The summed E-state index contributed by atoms with van der Waals surface area (Å²) in [6.07, 6.45) is 12.4. The number of carboxylic acid groups (broad SMARTS) is 2. The van der Waals surface area contributed by atoms with Crippen LogP contribution in [0.4, 0.5) is 22.7 Å². The van der Waals surface area contributed by atoms with Crippen molar-refractivity contribution in [3.8, 4) is 36.2 Å². The van der Waals surface area contributed by atoms with Crippen molar-refractivity contribution in [3.63, 3.8) is 0 Å². The number of methoxy groups -OCH3 is 2. The van der Waals surface area contributed by atoms with Crippen LogP contribution in [0.3, 0.4) is 0 Å². The summed E-state index contributed by atoms with van der Waals surface area (Å²) in [7, 11) is -5.91. The Morgan fingerprint density at radius 2 is 0.962 bits per heavy atom. The van der Waals surface area contributed by atoms with Crippen LogP contribution in [0.5, 0.6) is 11.5 Å². The zero-order chi connectivity index (χ0) is 54.9. The molecule has 6 aromatic carbocycles. The number of terminal acetylenes is 2. The molecule has 0 fully saturated rings. The largest absolute Gasteiger partial charge is 1.00 e. The van der Waals surface area contributed by atoms with E-state index in [4.69, 9.17) is 31.8 Å². The monoisotopic (exact) mass is 1100 g/mol. The number of hydrogen-bond acceptors (Lipinski definition) is 15. The summed E-state index contributed by atoms with van der Waals surface area (Å²) in [5.74, 6) is 3.08. The van der Waals surface area contributed by atoms with Gasteiger partial charge >= 0.3 is 42.7 Å². The fourth-order valence-electron chi connectivity index (χ4n) is 9.23. The van der Waals surface area contributed by atoms with Crippen LogP contribution in [0.1, 0.15) is 37.8 Å². The number of esters is 2. The molecule has 0 saturated carbocycles. The van der Waals surface area contributed by atoms with Crippen LogP contribution in [0.15, 0.2) is 119 Å². The molecule has 0 aliphatic carbocycles. The van der Waals surface area contributed by atoms with Crippen molar-refractivity contribution in [1.29, 1.82) is 0 Å². The van der Waals surface area contributed by atoms with Crippen LogP contribution in [-0.2, 0) is 61.5 Å². The smallest absolute Gasteiger partial charge is 0.870 e. The Morgan fingerprint density at radius 1 is 0.577 bits per heavy atom. The van der Waals surface area contributed by atoms with Gasteiger partial charge in [0.1, 0.15) is 24.6 Å².